The average molecular weight is 322 g/mol. The van der Waals surface area contributed by atoms with Crippen LogP contribution >= 0.6 is 0 Å². The van der Waals surface area contributed by atoms with Gasteiger partial charge in [0, 0.05) is 12.7 Å². The number of aliphatic hydroxyl groups is 1. The molecule has 0 aliphatic heterocycles. The van der Waals surface area contributed by atoms with Crippen LogP contribution in [0.5, 0.6) is 0 Å². The smallest absolute Gasteiger partial charge is 0.129 e. The maximum atomic E-state index is 14.5. The zero-order valence-electron chi connectivity index (χ0n) is 13.9. The summed E-state index contributed by atoms with van der Waals surface area (Å²) in [4.78, 5) is 0. The minimum Gasteiger partial charge on any atom is -0.385 e. The van der Waals surface area contributed by atoms with Crippen molar-refractivity contribution in [2.24, 2.45) is 0 Å². The van der Waals surface area contributed by atoms with Crippen molar-refractivity contribution in [2.45, 2.75) is 26.1 Å². The lowest BCUT2D eigenvalue weighted by molar-refractivity contribution is -0.0184. The quantitative estimate of drug-likeness (QED) is 0.683. The second-order valence-corrected chi connectivity index (χ2v) is 6.39. The molecule has 122 valence electrons. The van der Waals surface area contributed by atoms with Crippen molar-refractivity contribution in [3.63, 3.8) is 0 Å². The van der Waals surface area contributed by atoms with Gasteiger partial charge in [-0.05, 0) is 58.5 Å². The molecule has 3 heteroatoms. The Hall–Kier alpha value is -2.23. The molecule has 3 aromatic carbocycles. The number of methoxy groups -OCH3 is 1. The van der Waals surface area contributed by atoms with Gasteiger partial charge in [0.25, 0.3) is 0 Å². The van der Waals surface area contributed by atoms with E-state index in [1.54, 1.807) is 6.07 Å². The van der Waals surface area contributed by atoms with Gasteiger partial charge in [0.05, 0.1) is 0 Å². The predicted octanol–water partition coefficient (Wildman–Crippen LogP) is 5.00. The number of fused-ring (bicyclic) bond motifs is 4. The van der Waals surface area contributed by atoms with Crippen LogP contribution in [0.1, 0.15) is 34.5 Å². The third kappa shape index (κ3) is 1.89. The summed E-state index contributed by atoms with van der Waals surface area (Å²) in [6.45, 7) is 4.05. The number of aryl methyl sites for hydroxylation is 2. The molecule has 1 N–H and O–H groups in total. The standard InChI is InChI=1S/C21H19FO2/c1-11-13-7-4-5-8-14(13)12(2)18-17(11)15-9-6-10-16(22)19(15)21(24-3)20(18)23/h4-10,20-21,23H,1-3H3. The summed E-state index contributed by atoms with van der Waals surface area (Å²) >= 11 is 0. The number of aliphatic hydroxyl groups excluding tert-OH is 1. The average Bonchev–Trinajstić information content (AvgIpc) is 2.59. The molecular weight excluding hydrogens is 303 g/mol. The van der Waals surface area contributed by atoms with Gasteiger partial charge in [-0.2, -0.15) is 0 Å². The molecule has 2 atom stereocenters. The van der Waals surface area contributed by atoms with Gasteiger partial charge in [0.1, 0.15) is 18.0 Å². The molecule has 0 radical (unpaired) electrons. The number of hydrogen-bond donors (Lipinski definition) is 1. The Morgan fingerprint density at radius 1 is 0.917 bits per heavy atom. The number of ether oxygens (including phenoxy) is 1. The fourth-order valence-electron chi connectivity index (χ4n) is 4.12. The van der Waals surface area contributed by atoms with Crippen molar-refractivity contribution in [3.05, 3.63) is 70.5 Å². The summed E-state index contributed by atoms with van der Waals surface area (Å²) in [6, 6.07) is 13.2. The predicted molar refractivity (Wildman–Crippen MR) is 93.5 cm³/mol. The highest BCUT2D eigenvalue weighted by atomic mass is 19.1. The van der Waals surface area contributed by atoms with E-state index in [1.807, 2.05) is 32.0 Å². The van der Waals surface area contributed by atoms with E-state index in [2.05, 4.69) is 12.1 Å². The van der Waals surface area contributed by atoms with Crippen LogP contribution in [0.25, 0.3) is 21.9 Å². The van der Waals surface area contributed by atoms with Gasteiger partial charge < -0.3 is 9.84 Å². The molecule has 0 heterocycles. The summed E-state index contributed by atoms with van der Waals surface area (Å²) in [6.07, 6.45) is -1.59. The van der Waals surface area contributed by atoms with Crippen LogP contribution in [0.3, 0.4) is 0 Å². The van der Waals surface area contributed by atoms with Crippen LogP contribution in [0.2, 0.25) is 0 Å². The second-order valence-electron chi connectivity index (χ2n) is 6.39. The Bertz CT molecular complexity index is 962. The van der Waals surface area contributed by atoms with Crippen LogP contribution in [-0.2, 0) is 4.74 Å². The van der Waals surface area contributed by atoms with Gasteiger partial charge in [-0.1, -0.05) is 36.4 Å². The maximum absolute atomic E-state index is 14.5. The lowest BCUT2D eigenvalue weighted by atomic mass is 9.76. The lowest BCUT2D eigenvalue weighted by Gasteiger charge is -2.34. The summed E-state index contributed by atoms with van der Waals surface area (Å²) < 4.78 is 20.0. The highest BCUT2D eigenvalue weighted by Crippen LogP contribution is 2.51. The van der Waals surface area contributed by atoms with Gasteiger partial charge in [-0.25, -0.2) is 4.39 Å². The molecule has 0 aromatic heterocycles. The largest absolute Gasteiger partial charge is 0.385 e. The molecule has 24 heavy (non-hydrogen) atoms. The molecule has 1 aliphatic carbocycles. The van der Waals surface area contributed by atoms with Gasteiger partial charge in [0.2, 0.25) is 0 Å². The SMILES string of the molecule is COC1c2c(F)cccc2-c2c(c(C)c3ccccc3c2C)C1O. The van der Waals surface area contributed by atoms with E-state index in [1.165, 1.54) is 13.2 Å². The molecule has 0 saturated carbocycles. The zero-order chi connectivity index (χ0) is 17.0. The van der Waals surface area contributed by atoms with Crippen molar-refractivity contribution >= 4 is 10.8 Å². The van der Waals surface area contributed by atoms with Crippen molar-refractivity contribution < 1.29 is 14.2 Å². The normalized spacial score (nSPS) is 19.2. The van der Waals surface area contributed by atoms with Crippen molar-refractivity contribution in [1.29, 1.82) is 0 Å². The van der Waals surface area contributed by atoms with E-state index in [9.17, 15) is 9.50 Å². The maximum Gasteiger partial charge on any atom is 0.129 e. The van der Waals surface area contributed by atoms with Gasteiger partial charge >= 0.3 is 0 Å². The number of rotatable bonds is 1. The number of hydrogen-bond acceptors (Lipinski definition) is 2. The van der Waals surface area contributed by atoms with Crippen LogP contribution in [0.15, 0.2) is 42.5 Å². The third-order valence-corrected chi connectivity index (χ3v) is 5.23. The van der Waals surface area contributed by atoms with E-state index in [0.717, 1.165) is 38.6 Å². The summed E-state index contributed by atoms with van der Waals surface area (Å²) in [7, 11) is 1.51. The fraction of sp³-hybridized carbons (Fsp3) is 0.238. The lowest BCUT2D eigenvalue weighted by Crippen LogP contribution is -2.22. The summed E-state index contributed by atoms with van der Waals surface area (Å²) in [5, 5.41) is 13.2. The van der Waals surface area contributed by atoms with E-state index < -0.39 is 12.2 Å². The van der Waals surface area contributed by atoms with Crippen LogP contribution in [0.4, 0.5) is 4.39 Å². The monoisotopic (exact) mass is 322 g/mol. The van der Waals surface area contributed by atoms with Gasteiger partial charge in [0.15, 0.2) is 0 Å². The Morgan fingerprint density at radius 3 is 2.25 bits per heavy atom. The Labute approximate surface area is 140 Å². The molecule has 3 aromatic rings. The molecule has 4 rings (SSSR count). The molecule has 2 unspecified atom stereocenters. The molecule has 0 amide bonds. The van der Waals surface area contributed by atoms with E-state index in [0.29, 0.717) is 5.56 Å². The summed E-state index contributed by atoms with van der Waals surface area (Å²) in [5.41, 5.74) is 5.12. The van der Waals surface area contributed by atoms with E-state index >= 15 is 0 Å². The number of benzene rings is 3. The van der Waals surface area contributed by atoms with Gasteiger partial charge in [-0.3, -0.25) is 0 Å². The second kappa shape index (κ2) is 5.40. The first-order valence-electron chi connectivity index (χ1n) is 8.07. The Kier molecular flexibility index (Phi) is 3.44. The molecule has 0 fully saturated rings. The first-order valence-corrected chi connectivity index (χ1v) is 8.07. The van der Waals surface area contributed by atoms with Crippen molar-refractivity contribution in [3.8, 4) is 11.1 Å². The topological polar surface area (TPSA) is 29.5 Å². The molecule has 1 aliphatic rings. The van der Waals surface area contributed by atoms with E-state index in [4.69, 9.17) is 4.74 Å². The molecule has 0 saturated heterocycles. The molecule has 0 spiro atoms. The Balaban J connectivity index is 2.20. The molecule has 2 nitrogen and oxygen atoms in total. The van der Waals surface area contributed by atoms with Crippen LogP contribution < -0.4 is 0 Å². The minimum atomic E-state index is -0.891. The number of halogens is 1. The highest BCUT2D eigenvalue weighted by molar-refractivity contribution is 5.97. The Morgan fingerprint density at radius 2 is 1.58 bits per heavy atom. The third-order valence-electron chi connectivity index (χ3n) is 5.23. The van der Waals surface area contributed by atoms with Crippen molar-refractivity contribution in [1.82, 2.24) is 0 Å². The first kappa shape index (κ1) is 15.3. The van der Waals surface area contributed by atoms with Crippen molar-refractivity contribution in [2.75, 3.05) is 7.11 Å². The van der Waals surface area contributed by atoms with Crippen LogP contribution in [0, 0.1) is 19.7 Å². The first-order chi connectivity index (χ1) is 11.6. The molecule has 0 bridgehead atoms. The molecular formula is C21H19FO2. The van der Waals surface area contributed by atoms with Gasteiger partial charge in [-0.15, -0.1) is 0 Å². The van der Waals surface area contributed by atoms with Crippen LogP contribution in [-0.4, -0.2) is 12.2 Å². The fourth-order valence-corrected chi connectivity index (χ4v) is 4.12. The summed E-state index contributed by atoms with van der Waals surface area (Å²) in [5.74, 6) is -0.339. The van der Waals surface area contributed by atoms with E-state index in [-0.39, 0.29) is 5.82 Å². The highest BCUT2D eigenvalue weighted by Gasteiger charge is 2.37. The minimum absolute atomic E-state index is 0.339. The zero-order valence-corrected chi connectivity index (χ0v) is 13.9.